The number of nitro groups is 1. The highest BCUT2D eigenvalue weighted by atomic mass is 19.1. The number of halogens is 1. The van der Waals surface area contributed by atoms with Gasteiger partial charge < -0.3 is 10.1 Å². The Labute approximate surface area is 122 Å². The van der Waals surface area contributed by atoms with E-state index in [2.05, 4.69) is 5.32 Å². The van der Waals surface area contributed by atoms with Gasteiger partial charge >= 0.3 is 5.69 Å². The van der Waals surface area contributed by atoms with Crippen LogP contribution >= 0.6 is 0 Å². The lowest BCUT2D eigenvalue weighted by molar-refractivity contribution is -0.386. The maximum Gasteiger partial charge on any atom is 0.311 e. The molecule has 21 heavy (non-hydrogen) atoms. The van der Waals surface area contributed by atoms with Gasteiger partial charge in [0, 0.05) is 18.5 Å². The summed E-state index contributed by atoms with van der Waals surface area (Å²) >= 11 is 0. The molecule has 1 saturated heterocycles. The summed E-state index contributed by atoms with van der Waals surface area (Å²) in [6.45, 7) is 2.90. The molecule has 0 radical (unpaired) electrons. The summed E-state index contributed by atoms with van der Waals surface area (Å²) in [5.41, 5.74) is 1.58. The van der Waals surface area contributed by atoms with Crippen molar-refractivity contribution in [2.24, 2.45) is 0 Å². The van der Waals surface area contributed by atoms with E-state index < -0.39 is 11.1 Å². The number of nitro benzene ring substituents is 1. The maximum atomic E-state index is 14.1. The zero-order chi connectivity index (χ0) is 15.0. The molecule has 1 saturated carbocycles. The van der Waals surface area contributed by atoms with Crippen LogP contribution in [0, 0.1) is 17.0 Å². The van der Waals surface area contributed by atoms with Crippen molar-refractivity contribution in [3.8, 4) is 5.75 Å². The topological polar surface area (TPSA) is 64.4 Å². The Balaban J connectivity index is 1.97. The van der Waals surface area contributed by atoms with Crippen LogP contribution in [0.5, 0.6) is 5.75 Å². The van der Waals surface area contributed by atoms with Crippen LogP contribution in [0.3, 0.4) is 0 Å². The first kappa shape index (κ1) is 14.3. The van der Waals surface area contributed by atoms with E-state index in [1.165, 1.54) is 6.07 Å². The Morgan fingerprint density at radius 3 is 2.76 bits per heavy atom. The van der Waals surface area contributed by atoms with Gasteiger partial charge in [-0.15, -0.1) is 0 Å². The fourth-order valence-electron chi connectivity index (χ4n) is 2.86. The second-order valence-corrected chi connectivity index (χ2v) is 5.87. The number of piperidine rings is 1. The Morgan fingerprint density at radius 1 is 1.38 bits per heavy atom. The van der Waals surface area contributed by atoms with Gasteiger partial charge in [0.2, 0.25) is 0 Å². The quantitative estimate of drug-likeness (QED) is 0.685. The van der Waals surface area contributed by atoms with Crippen LogP contribution in [-0.4, -0.2) is 30.3 Å². The van der Waals surface area contributed by atoms with Crippen molar-refractivity contribution < 1.29 is 14.1 Å². The molecule has 6 heteroatoms. The summed E-state index contributed by atoms with van der Waals surface area (Å²) < 4.78 is 19.8. The van der Waals surface area contributed by atoms with Crippen molar-refractivity contribution >= 4 is 5.69 Å². The summed E-state index contributed by atoms with van der Waals surface area (Å²) in [5.74, 6) is 0.0717. The molecular weight excluding hydrogens is 275 g/mol. The molecule has 0 spiro atoms. The van der Waals surface area contributed by atoms with Crippen molar-refractivity contribution in [1.29, 1.82) is 0 Å². The molecule has 1 heterocycles. The van der Waals surface area contributed by atoms with Crippen LogP contribution in [0.15, 0.2) is 12.1 Å². The average Bonchev–Trinajstić information content (AvgIpc) is 3.25. The summed E-state index contributed by atoms with van der Waals surface area (Å²) in [4.78, 5) is 10.7. The van der Waals surface area contributed by atoms with Crippen molar-refractivity contribution in [1.82, 2.24) is 5.32 Å². The molecule has 1 aromatic rings. The summed E-state index contributed by atoms with van der Waals surface area (Å²) in [5, 5.41) is 14.2. The monoisotopic (exact) mass is 294 g/mol. The van der Waals surface area contributed by atoms with Crippen LogP contribution < -0.4 is 10.1 Å². The second kappa shape index (κ2) is 5.60. The lowest BCUT2D eigenvalue weighted by Gasteiger charge is -2.28. The molecule has 5 nitrogen and oxygen atoms in total. The minimum atomic E-state index is -0.965. The molecule has 0 amide bonds. The zero-order valence-electron chi connectivity index (χ0n) is 12.0. The molecule has 0 bridgehead atoms. The highest BCUT2D eigenvalue weighted by Crippen LogP contribution is 2.39. The van der Waals surface area contributed by atoms with Crippen LogP contribution in [0.4, 0.5) is 10.1 Å². The minimum Gasteiger partial charge on any atom is -0.483 e. The molecule has 1 N–H and O–H groups in total. The third-order valence-electron chi connectivity index (χ3n) is 4.17. The number of rotatable bonds is 4. The highest BCUT2D eigenvalue weighted by Gasteiger charge is 2.32. The van der Waals surface area contributed by atoms with Crippen LogP contribution in [0.25, 0.3) is 0 Å². The lowest BCUT2D eigenvalue weighted by Crippen LogP contribution is -2.37. The molecule has 2 aliphatic rings. The number of hydrogen-bond donors (Lipinski definition) is 1. The molecule has 3 rings (SSSR count). The first-order chi connectivity index (χ1) is 10.1. The number of hydrogen-bond acceptors (Lipinski definition) is 4. The maximum absolute atomic E-state index is 14.1. The van der Waals surface area contributed by atoms with E-state index in [-0.39, 0.29) is 23.5 Å². The third-order valence-corrected chi connectivity index (χ3v) is 4.17. The summed E-state index contributed by atoms with van der Waals surface area (Å²) in [7, 11) is 0. The number of nitrogens with one attached hydrogen (secondary N) is 1. The largest absolute Gasteiger partial charge is 0.483 e. The third kappa shape index (κ3) is 3.00. The van der Waals surface area contributed by atoms with Gasteiger partial charge in [0.05, 0.1) is 11.0 Å². The minimum absolute atomic E-state index is 0.0208. The lowest BCUT2D eigenvalue weighted by atomic mass is 9.86. The Kier molecular flexibility index (Phi) is 3.80. The first-order valence-electron chi connectivity index (χ1n) is 7.36. The number of aryl methyl sites for hydroxylation is 1. The van der Waals surface area contributed by atoms with Gasteiger partial charge in [-0.2, -0.15) is 0 Å². The number of ether oxygens (including phenoxy) is 1. The van der Waals surface area contributed by atoms with Crippen LogP contribution in [-0.2, 0) is 0 Å². The average molecular weight is 294 g/mol. The second-order valence-electron chi connectivity index (χ2n) is 5.87. The molecule has 1 aromatic carbocycles. The van der Waals surface area contributed by atoms with E-state index >= 15 is 0 Å². The van der Waals surface area contributed by atoms with E-state index in [1.54, 1.807) is 13.0 Å². The van der Waals surface area contributed by atoms with Gasteiger partial charge in [-0.1, -0.05) is 0 Å². The highest BCUT2D eigenvalue weighted by molar-refractivity contribution is 5.53. The van der Waals surface area contributed by atoms with E-state index in [9.17, 15) is 14.5 Å². The Hall–Kier alpha value is -1.69. The van der Waals surface area contributed by atoms with E-state index in [0.29, 0.717) is 13.0 Å². The molecule has 1 aliphatic heterocycles. The van der Waals surface area contributed by atoms with Gasteiger partial charge in [-0.3, -0.25) is 10.1 Å². The van der Waals surface area contributed by atoms with Crippen molar-refractivity contribution in [2.45, 2.75) is 44.4 Å². The van der Waals surface area contributed by atoms with E-state index in [0.717, 1.165) is 30.5 Å². The van der Waals surface area contributed by atoms with Crippen LogP contribution in [0.1, 0.15) is 36.3 Å². The van der Waals surface area contributed by atoms with Crippen molar-refractivity contribution in [3.63, 3.8) is 0 Å². The summed E-state index contributed by atoms with van der Waals surface area (Å²) in [6, 6.07) is 3.20. The molecule has 2 fully saturated rings. The molecule has 114 valence electrons. The molecular formula is C15H19FN2O3. The van der Waals surface area contributed by atoms with E-state index in [1.807, 2.05) is 0 Å². The van der Waals surface area contributed by atoms with Gasteiger partial charge in [-0.25, -0.2) is 4.39 Å². The molecule has 2 unspecified atom stereocenters. The van der Waals surface area contributed by atoms with Gasteiger partial charge in [0.25, 0.3) is 0 Å². The normalized spacial score (nSPS) is 25.6. The van der Waals surface area contributed by atoms with Crippen molar-refractivity contribution in [3.05, 3.63) is 33.4 Å². The molecule has 0 aromatic heterocycles. The van der Waals surface area contributed by atoms with Crippen LogP contribution in [0.2, 0.25) is 0 Å². The smallest absolute Gasteiger partial charge is 0.311 e. The summed E-state index contributed by atoms with van der Waals surface area (Å²) in [6.07, 6.45) is 1.67. The fourth-order valence-corrected chi connectivity index (χ4v) is 2.86. The number of nitrogens with zero attached hydrogens (tertiary/aromatic N) is 1. The predicted molar refractivity (Wildman–Crippen MR) is 76.6 cm³/mol. The van der Waals surface area contributed by atoms with Crippen molar-refractivity contribution in [2.75, 3.05) is 13.1 Å². The Bertz CT molecular complexity index is 560. The van der Waals surface area contributed by atoms with Gasteiger partial charge in [0.15, 0.2) is 5.75 Å². The Morgan fingerprint density at radius 2 is 2.14 bits per heavy atom. The number of benzene rings is 1. The SMILES string of the molecule is Cc1cc([N+](=O)[O-])c(OC2CC2)cc1C1CCNCC1F. The zero-order valence-corrected chi connectivity index (χ0v) is 12.0. The molecule has 2 atom stereocenters. The first-order valence-corrected chi connectivity index (χ1v) is 7.36. The molecule has 1 aliphatic carbocycles. The van der Waals surface area contributed by atoms with Gasteiger partial charge in [0.1, 0.15) is 6.17 Å². The fraction of sp³-hybridized carbons (Fsp3) is 0.600. The van der Waals surface area contributed by atoms with Gasteiger partial charge in [-0.05, 0) is 49.9 Å². The number of alkyl halides is 1. The van der Waals surface area contributed by atoms with E-state index in [4.69, 9.17) is 4.74 Å². The standard InChI is InChI=1S/C15H19FN2O3/c1-9-6-14(18(19)20)15(21-10-2-3-10)7-12(9)11-4-5-17-8-13(11)16/h6-7,10-11,13,17H,2-5,8H2,1H3. The predicted octanol–water partition coefficient (Wildman–Crippen LogP) is 2.86.